The number of hydrogen-bond acceptors (Lipinski definition) is 5. The Kier molecular flexibility index (Phi) is 6.65. The Morgan fingerprint density at radius 2 is 1.71 bits per heavy atom. The van der Waals surface area contributed by atoms with E-state index in [9.17, 15) is 19.5 Å². The number of aliphatic hydroxyl groups is 1. The molecule has 3 aromatic carbocycles. The topological polar surface area (TPSA) is 83.9 Å². The highest BCUT2D eigenvalue weighted by molar-refractivity contribution is 9.10. The van der Waals surface area contributed by atoms with Crippen LogP contribution in [0.15, 0.2) is 82.8 Å². The molecule has 0 aliphatic carbocycles. The molecule has 1 aliphatic heterocycles. The van der Waals surface area contributed by atoms with Crippen LogP contribution in [-0.4, -0.2) is 29.4 Å². The van der Waals surface area contributed by atoms with Gasteiger partial charge in [0, 0.05) is 15.7 Å². The Labute approximate surface area is 205 Å². The highest BCUT2D eigenvalue weighted by Crippen LogP contribution is 2.43. The molecular weight excluding hydrogens is 498 g/mol. The van der Waals surface area contributed by atoms with Crippen molar-refractivity contribution in [1.29, 1.82) is 0 Å². The van der Waals surface area contributed by atoms with Crippen LogP contribution in [0.1, 0.15) is 40.0 Å². The van der Waals surface area contributed by atoms with E-state index in [-0.39, 0.29) is 23.5 Å². The lowest BCUT2D eigenvalue weighted by molar-refractivity contribution is -0.132. The third-order valence-corrected chi connectivity index (χ3v) is 6.21. The van der Waals surface area contributed by atoms with Crippen molar-refractivity contribution >= 4 is 45.0 Å². The predicted octanol–water partition coefficient (Wildman–Crippen LogP) is 5.56. The summed E-state index contributed by atoms with van der Waals surface area (Å²) in [5.41, 5.74) is 2.57. The normalized spacial score (nSPS) is 17.1. The number of benzene rings is 3. The molecular formula is C27H22BrNO5. The molecule has 3 aromatic rings. The van der Waals surface area contributed by atoms with Gasteiger partial charge in [-0.3, -0.25) is 14.5 Å². The summed E-state index contributed by atoms with van der Waals surface area (Å²) >= 11 is 3.36. The lowest BCUT2D eigenvalue weighted by Gasteiger charge is -2.27. The van der Waals surface area contributed by atoms with Crippen molar-refractivity contribution < 1.29 is 24.2 Å². The molecule has 172 valence electrons. The van der Waals surface area contributed by atoms with Crippen LogP contribution < -0.4 is 4.90 Å². The second kappa shape index (κ2) is 9.65. The molecule has 1 unspecified atom stereocenters. The van der Waals surface area contributed by atoms with E-state index in [1.54, 1.807) is 49.4 Å². The lowest BCUT2D eigenvalue weighted by atomic mass is 9.92. The fraction of sp³-hybridized carbons (Fsp3) is 0.148. The van der Waals surface area contributed by atoms with Crippen LogP contribution in [0.4, 0.5) is 5.69 Å². The number of carbonyl (C=O) groups is 3. The number of aryl methyl sites for hydroxylation is 1. The first-order valence-electron chi connectivity index (χ1n) is 10.7. The van der Waals surface area contributed by atoms with Gasteiger partial charge in [0.05, 0.1) is 23.8 Å². The molecule has 1 fully saturated rings. The van der Waals surface area contributed by atoms with E-state index in [4.69, 9.17) is 4.74 Å². The van der Waals surface area contributed by atoms with Crippen molar-refractivity contribution in [1.82, 2.24) is 0 Å². The highest BCUT2D eigenvalue weighted by Gasteiger charge is 2.47. The molecule has 0 aromatic heterocycles. The minimum Gasteiger partial charge on any atom is -0.507 e. The number of nitrogens with zero attached hydrogens (tertiary/aromatic N) is 1. The monoisotopic (exact) mass is 519 g/mol. The fourth-order valence-corrected chi connectivity index (χ4v) is 4.31. The zero-order valence-electron chi connectivity index (χ0n) is 18.6. The second-order valence-corrected chi connectivity index (χ2v) is 8.72. The molecule has 1 N–H and O–H groups in total. The number of ketones is 1. The number of ether oxygens (including phenoxy) is 1. The van der Waals surface area contributed by atoms with E-state index < -0.39 is 23.7 Å². The molecule has 4 rings (SSSR count). The van der Waals surface area contributed by atoms with E-state index >= 15 is 0 Å². The first kappa shape index (κ1) is 23.4. The number of carbonyl (C=O) groups excluding carboxylic acids is 3. The molecule has 0 spiro atoms. The van der Waals surface area contributed by atoms with Crippen molar-refractivity contribution in [2.24, 2.45) is 0 Å². The molecule has 0 saturated carbocycles. The molecule has 0 radical (unpaired) electrons. The Morgan fingerprint density at radius 3 is 2.38 bits per heavy atom. The Balaban J connectivity index is 1.93. The van der Waals surface area contributed by atoms with Crippen molar-refractivity contribution in [2.75, 3.05) is 11.5 Å². The summed E-state index contributed by atoms with van der Waals surface area (Å²) < 4.78 is 5.90. The van der Waals surface area contributed by atoms with Crippen LogP contribution in [-0.2, 0) is 14.3 Å². The molecule has 34 heavy (non-hydrogen) atoms. The van der Waals surface area contributed by atoms with E-state index in [1.807, 2.05) is 31.2 Å². The summed E-state index contributed by atoms with van der Waals surface area (Å²) in [6.45, 7) is 3.80. The Morgan fingerprint density at radius 1 is 1.00 bits per heavy atom. The van der Waals surface area contributed by atoms with Gasteiger partial charge >= 0.3 is 5.97 Å². The van der Waals surface area contributed by atoms with Gasteiger partial charge in [0.15, 0.2) is 0 Å². The average Bonchev–Trinajstić information content (AvgIpc) is 3.10. The molecule has 7 heteroatoms. The summed E-state index contributed by atoms with van der Waals surface area (Å²) in [6, 6.07) is 19.7. The molecule has 1 saturated heterocycles. The zero-order valence-corrected chi connectivity index (χ0v) is 20.2. The van der Waals surface area contributed by atoms with Crippen LogP contribution in [0.2, 0.25) is 0 Å². The molecule has 1 amide bonds. The maximum atomic E-state index is 13.3. The first-order chi connectivity index (χ1) is 16.3. The number of amides is 1. The van der Waals surface area contributed by atoms with Crippen molar-refractivity contribution in [2.45, 2.75) is 19.9 Å². The average molecular weight is 520 g/mol. The maximum Gasteiger partial charge on any atom is 0.338 e. The van der Waals surface area contributed by atoms with Crippen LogP contribution >= 0.6 is 15.9 Å². The summed E-state index contributed by atoms with van der Waals surface area (Å²) in [5.74, 6) is -2.37. The lowest BCUT2D eigenvalue weighted by Crippen LogP contribution is -2.30. The van der Waals surface area contributed by atoms with Gasteiger partial charge in [-0.25, -0.2) is 4.79 Å². The number of anilines is 1. The first-order valence-corrected chi connectivity index (χ1v) is 11.5. The van der Waals surface area contributed by atoms with Gasteiger partial charge in [-0.05, 0) is 55.3 Å². The van der Waals surface area contributed by atoms with Gasteiger partial charge in [0.2, 0.25) is 0 Å². The summed E-state index contributed by atoms with van der Waals surface area (Å²) in [5, 5.41) is 11.2. The van der Waals surface area contributed by atoms with Gasteiger partial charge in [-0.15, -0.1) is 0 Å². The van der Waals surface area contributed by atoms with Gasteiger partial charge in [0.25, 0.3) is 11.7 Å². The number of halogens is 1. The quantitative estimate of drug-likeness (QED) is 0.206. The molecule has 1 atom stereocenters. The van der Waals surface area contributed by atoms with Gasteiger partial charge in [0.1, 0.15) is 5.76 Å². The second-order valence-electron chi connectivity index (χ2n) is 7.80. The van der Waals surface area contributed by atoms with Gasteiger partial charge in [-0.1, -0.05) is 58.4 Å². The van der Waals surface area contributed by atoms with Crippen LogP contribution in [0.25, 0.3) is 5.76 Å². The van der Waals surface area contributed by atoms with Crippen LogP contribution in [0, 0.1) is 6.92 Å². The zero-order chi connectivity index (χ0) is 24.4. The third kappa shape index (κ3) is 4.26. The summed E-state index contributed by atoms with van der Waals surface area (Å²) in [7, 11) is 0. The third-order valence-electron chi connectivity index (χ3n) is 5.68. The molecule has 0 bridgehead atoms. The van der Waals surface area contributed by atoms with Gasteiger partial charge in [-0.2, -0.15) is 0 Å². The van der Waals surface area contributed by atoms with Crippen LogP contribution in [0.3, 0.4) is 0 Å². The smallest absolute Gasteiger partial charge is 0.338 e. The predicted molar refractivity (Wildman–Crippen MR) is 133 cm³/mol. The minimum atomic E-state index is -0.873. The van der Waals surface area contributed by atoms with E-state index in [2.05, 4.69) is 15.9 Å². The van der Waals surface area contributed by atoms with Crippen molar-refractivity contribution in [3.05, 3.63) is 105 Å². The Bertz CT molecular complexity index is 1310. The van der Waals surface area contributed by atoms with Crippen molar-refractivity contribution in [3.63, 3.8) is 0 Å². The number of rotatable bonds is 5. The van der Waals surface area contributed by atoms with E-state index in [1.165, 1.54) is 11.0 Å². The molecule has 1 aliphatic rings. The molecule has 1 heterocycles. The van der Waals surface area contributed by atoms with Gasteiger partial charge < -0.3 is 9.84 Å². The summed E-state index contributed by atoms with van der Waals surface area (Å²) in [6.07, 6.45) is 0. The number of hydrogen-bond donors (Lipinski definition) is 1. The number of Topliss-reactive ketones (excluding diaryl/α,β-unsaturated/α-hetero) is 1. The standard InChI is InChI=1S/C27H22BrNO5/c1-3-34-27(33)18-8-6-9-20(15-18)29-23(21-10-5-4-7-16(21)2)22(25(31)26(29)32)24(30)17-11-13-19(28)14-12-17/h4-15,23,30H,3H2,1-2H3/b24-22+. The number of esters is 1. The molecule has 6 nitrogen and oxygen atoms in total. The van der Waals surface area contributed by atoms with E-state index in [0.717, 1.165) is 10.0 Å². The minimum absolute atomic E-state index is 0.0110. The van der Waals surface area contributed by atoms with Crippen molar-refractivity contribution in [3.8, 4) is 0 Å². The summed E-state index contributed by atoms with van der Waals surface area (Å²) in [4.78, 5) is 40.2. The maximum absolute atomic E-state index is 13.3. The Hall–Kier alpha value is -3.71. The fourth-order valence-electron chi connectivity index (χ4n) is 4.05. The van der Waals surface area contributed by atoms with E-state index in [0.29, 0.717) is 16.8 Å². The van der Waals surface area contributed by atoms with Crippen LogP contribution in [0.5, 0.6) is 0 Å². The SMILES string of the molecule is CCOC(=O)c1cccc(N2C(=O)C(=O)/C(=C(/O)c3ccc(Br)cc3)C2c2ccccc2C)c1. The number of aliphatic hydroxyl groups excluding tert-OH is 1. The highest BCUT2D eigenvalue weighted by atomic mass is 79.9. The largest absolute Gasteiger partial charge is 0.507 e.